The van der Waals surface area contributed by atoms with Gasteiger partial charge in [-0.2, -0.15) is 4.98 Å². The molecule has 0 radical (unpaired) electrons. The van der Waals surface area contributed by atoms with Crippen molar-refractivity contribution in [3.05, 3.63) is 83.4 Å². The molecule has 0 atom stereocenters. The number of aryl methyl sites for hydroxylation is 1. The Morgan fingerprint density at radius 3 is 2.34 bits per heavy atom. The maximum Gasteiger partial charge on any atom is 0.418 e. The molecule has 0 aliphatic carbocycles. The SMILES string of the molecule is CCN(CC)CCCCNC(=O)c1ccc(Nc2nc(OC(=O)Nc3ccc(OC)cc3OC)cc(-c3cccc(C)c3C)n2)cc1. The van der Waals surface area contributed by atoms with Gasteiger partial charge in [0.1, 0.15) is 11.5 Å². The van der Waals surface area contributed by atoms with Crippen molar-refractivity contribution in [2.24, 2.45) is 0 Å². The van der Waals surface area contributed by atoms with Crippen LogP contribution in [0.1, 0.15) is 48.2 Å². The summed E-state index contributed by atoms with van der Waals surface area (Å²) in [5.41, 5.74) is 5.21. The Morgan fingerprint density at radius 1 is 0.872 bits per heavy atom. The van der Waals surface area contributed by atoms with Gasteiger partial charge < -0.3 is 29.7 Å². The first-order valence-corrected chi connectivity index (χ1v) is 15.8. The number of hydrogen-bond acceptors (Lipinski definition) is 9. The van der Waals surface area contributed by atoms with Crippen LogP contribution in [0.2, 0.25) is 0 Å². The molecule has 1 aromatic heterocycles. The van der Waals surface area contributed by atoms with Gasteiger partial charge in [-0.3, -0.25) is 10.1 Å². The van der Waals surface area contributed by atoms with E-state index in [1.54, 1.807) is 55.6 Å². The van der Waals surface area contributed by atoms with Crippen LogP contribution in [0.5, 0.6) is 17.4 Å². The van der Waals surface area contributed by atoms with E-state index in [-0.39, 0.29) is 17.7 Å². The fraction of sp³-hybridized carbons (Fsp3) is 0.333. The number of nitrogens with zero attached hydrogens (tertiary/aromatic N) is 3. The molecule has 2 amide bonds. The average Bonchev–Trinajstić information content (AvgIpc) is 3.07. The highest BCUT2D eigenvalue weighted by molar-refractivity contribution is 5.94. The van der Waals surface area contributed by atoms with Crippen LogP contribution < -0.4 is 30.2 Å². The maximum atomic E-state index is 13.0. The second kappa shape index (κ2) is 17.0. The van der Waals surface area contributed by atoms with Crippen molar-refractivity contribution < 1.29 is 23.8 Å². The van der Waals surface area contributed by atoms with Gasteiger partial charge in [-0.15, -0.1) is 0 Å². The van der Waals surface area contributed by atoms with E-state index < -0.39 is 6.09 Å². The maximum absolute atomic E-state index is 13.0. The second-order valence-corrected chi connectivity index (χ2v) is 10.9. The van der Waals surface area contributed by atoms with Crippen molar-refractivity contribution in [2.45, 2.75) is 40.5 Å². The number of carbonyl (C=O) groups is 2. The summed E-state index contributed by atoms with van der Waals surface area (Å²) in [6.07, 6.45) is 1.20. The van der Waals surface area contributed by atoms with Crippen LogP contribution in [0, 0.1) is 13.8 Å². The molecule has 3 N–H and O–H groups in total. The normalized spacial score (nSPS) is 10.8. The van der Waals surface area contributed by atoms with E-state index in [9.17, 15) is 9.59 Å². The molecule has 0 aliphatic rings. The number of carbonyl (C=O) groups excluding carboxylic acids is 2. The predicted octanol–water partition coefficient (Wildman–Crippen LogP) is 6.98. The molecule has 11 heteroatoms. The van der Waals surface area contributed by atoms with Crippen molar-refractivity contribution in [1.82, 2.24) is 20.2 Å². The fourth-order valence-corrected chi connectivity index (χ4v) is 4.97. The third-order valence-corrected chi connectivity index (χ3v) is 7.91. The van der Waals surface area contributed by atoms with E-state index in [1.807, 2.05) is 32.0 Å². The molecule has 47 heavy (non-hydrogen) atoms. The highest BCUT2D eigenvalue weighted by atomic mass is 16.6. The Labute approximate surface area is 276 Å². The highest BCUT2D eigenvalue weighted by Gasteiger charge is 2.16. The zero-order valence-electron chi connectivity index (χ0n) is 28.0. The quantitative estimate of drug-likeness (QED) is 0.118. The van der Waals surface area contributed by atoms with E-state index in [2.05, 4.69) is 39.7 Å². The molecular formula is C36H44N6O5. The number of aromatic nitrogens is 2. The molecule has 0 aliphatic heterocycles. The summed E-state index contributed by atoms with van der Waals surface area (Å²) in [6.45, 7) is 12.1. The molecule has 11 nitrogen and oxygen atoms in total. The summed E-state index contributed by atoms with van der Waals surface area (Å²) in [5, 5.41) is 8.88. The van der Waals surface area contributed by atoms with Crippen LogP contribution in [0.15, 0.2) is 66.7 Å². The molecule has 0 fully saturated rings. The number of unbranched alkanes of at least 4 members (excludes halogenated alkanes) is 1. The standard InChI is InChI=1S/C36H44N6O5/c1-7-42(8-2)21-10-9-20-37-34(43)26-14-16-27(17-15-26)38-35-39-31(29-13-11-12-24(3)25(29)4)23-33(41-35)47-36(44)40-30-19-18-28(45-5)22-32(30)46-6/h11-19,22-23H,7-10,20-21H2,1-6H3,(H,37,43)(H,40,44)(H,38,39,41). The molecular weight excluding hydrogens is 596 g/mol. The lowest BCUT2D eigenvalue weighted by Gasteiger charge is -2.17. The van der Waals surface area contributed by atoms with Gasteiger partial charge in [0.2, 0.25) is 11.8 Å². The van der Waals surface area contributed by atoms with E-state index >= 15 is 0 Å². The van der Waals surface area contributed by atoms with Crippen LogP contribution in [0.4, 0.5) is 22.1 Å². The van der Waals surface area contributed by atoms with Gasteiger partial charge in [-0.1, -0.05) is 32.0 Å². The highest BCUT2D eigenvalue weighted by Crippen LogP contribution is 2.31. The van der Waals surface area contributed by atoms with E-state index in [0.717, 1.165) is 49.2 Å². The molecule has 4 aromatic rings. The lowest BCUT2D eigenvalue weighted by Crippen LogP contribution is -2.27. The lowest BCUT2D eigenvalue weighted by molar-refractivity contribution is 0.0952. The average molecular weight is 641 g/mol. The summed E-state index contributed by atoms with van der Waals surface area (Å²) >= 11 is 0. The summed E-state index contributed by atoms with van der Waals surface area (Å²) < 4.78 is 16.2. The molecule has 0 saturated heterocycles. The van der Waals surface area contributed by atoms with Crippen molar-refractivity contribution >= 4 is 29.3 Å². The Balaban J connectivity index is 1.48. The smallest absolute Gasteiger partial charge is 0.418 e. The number of anilines is 3. The Bertz CT molecular complexity index is 1660. The van der Waals surface area contributed by atoms with Gasteiger partial charge in [-0.25, -0.2) is 9.78 Å². The first-order chi connectivity index (χ1) is 22.7. The summed E-state index contributed by atoms with van der Waals surface area (Å²) in [7, 11) is 3.05. The zero-order valence-corrected chi connectivity index (χ0v) is 28.0. The number of hydrogen-bond donors (Lipinski definition) is 3. The van der Waals surface area contributed by atoms with Crippen molar-refractivity contribution in [3.8, 4) is 28.6 Å². The van der Waals surface area contributed by atoms with Crippen LogP contribution in [-0.4, -0.2) is 67.3 Å². The van der Waals surface area contributed by atoms with Crippen molar-refractivity contribution in [1.29, 1.82) is 0 Å². The Kier molecular flexibility index (Phi) is 12.5. The van der Waals surface area contributed by atoms with E-state index in [0.29, 0.717) is 40.7 Å². The van der Waals surface area contributed by atoms with Crippen LogP contribution >= 0.6 is 0 Å². The van der Waals surface area contributed by atoms with Gasteiger partial charge in [0.05, 0.1) is 25.6 Å². The van der Waals surface area contributed by atoms with Gasteiger partial charge in [-0.05, 0) is 93.8 Å². The minimum atomic E-state index is -0.756. The van der Waals surface area contributed by atoms with Crippen LogP contribution in [0.3, 0.4) is 0 Å². The summed E-state index contributed by atoms with van der Waals surface area (Å²) in [6, 6.07) is 19.6. The number of nitrogens with one attached hydrogen (secondary N) is 3. The third-order valence-electron chi connectivity index (χ3n) is 7.91. The predicted molar refractivity (Wildman–Crippen MR) is 185 cm³/mol. The largest absolute Gasteiger partial charge is 0.497 e. The van der Waals surface area contributed by atoms with Crippen molar-refractivity contribution in [2.75, 3.05) is 51.0 Å². The fourth-order valence-electron chi connectivity index (χ4n) is 4.97. The van der Waals surface area contributed by atoms with Gasteiger partial charge >= 0.3 is 6.09 Å². The number of ether oxygens (including phenoxy) is 3. The minimum absolute atomic E-state index is 0.0420. The molecule has 0 spiro atoms. The summed E-state index contributed by atoms with van der Waals surface area (Å²) in [4.78, 5) is 37.2. The number of rotatable bonds is 15. The Morgan fingerprint density at radius 2 is 1.64 bits per heavy atom. The first-order valence-electron chi connectivity index (χ1n) is 15.8. The lowest BCUT2D eigenvalue weighted by atomic mass is 10.0. The van der Waals surface area contributed by atoms with Crippen molar-refractivity contribution in [3.63, 3.8) is 0 Å². The van der Waals surface area contributed by atoms with E-state index in [1.165, 1.54) is 7.11 Å². The van der Waals surface area contributed by atoms with Gasteiger partial charge in [0, 0.05) is 35.5 Å². The summed E-state index contributed by atoms with van der Waals surface area (Å²) in [5.74, 6) is 1.14. The zero-order chi connectivity index (χ0) is 33.8. The molecule has 1 heterocycles. The van der Waals surface area contributed by atoms with Gasteiger partial charge in [0.25, 0.3) is 5.91 Å². The number of benzene rings is 3. The monoisotopic (exact) mass is 640 g/mol. The second-order valence-electron chi connectivity index (χ2n) is 10.9. The first kappa shape index (κ1) is 34.7. The van der Waals surface area contributed by atoms with Crippen LogP contribution in [-0.2, 0) is 0 Å². The number of amides is 2. The molecule has 0 saturated carbocycles. The molecule has 0 unspecified atom stereocenters. The molecule has 3 aromatic carbocycles. The van der Waals surface area contributed by atoms with E-state index in [4.69, 9.17) is 19.2 Å². The van der Waals surface area contributed by atoms with Crippen LogP contribution in [0.25, 0.3) is 11.3 Å². The minimum Gasteiger partial charge on any atom is -0.497 e. The molecule has 248 valence electrons. The van der Waals surface area contributed by atoms with Gasteiger partial charge in [0.15, 0.2) is 0 Å². The third kappa shape index (κ3) is 9.67. The topological polar surface area (TPSA) is 127 Å². The molecule has 0 bridgehead atoms. The molecule has 4 rings (SSSR count). The number of methoxy groups -OCH3 is 2. The Hall–Kier alpha value is -5.16.